The van der Waals surface area contributed by atoms with Gasteiger partial charge in [-0.2, -0.15) is 0 Å². The van der Waals surface area contributed by atoms with Gasteiger partial charge in [0, 0.05) is 4.47 Å². The molecule has 0 fully saturated rings. The van der Waals surface area contributed by atoms with Crippen molar-refractivity contribution < 1.29 is 9.18 Å². The van der Waals surface area contributed by atoms with Crippen molar-refractivity contribution in [1.29, 1.82) is 0 Å². The summed E-state index contributed by atoms with van der Waals surface area (Å²) < 4.78 is 13.8. The summed E-state index contributed by atoms with van der Waals surface area (Å²) in [5.41, 5.74) is 8.53. The molecule has 0 spiro atoms. The molecule has 0 heterocycles. The predicted molar refractivity (Wildman–Crippen MR) is 82.0 cm³/mol. The number of amides is 1. The van der Waals surface area contributed by atoms with Crippen molar-refractivity contribution in [1.82, 2.24) is 0 Å². The maximum atomic E-state index is 13.1. The van der Waals surface area contributed by atoms with Gasteiger partial charge in [0.1, 0.15) is 5.82 Å². The molecular formula is C15H14BrFN2O. The van der Waals surface area contributed by atoms with Gasteiger partial charge in [0.25, 0.3) is 0 Å². The molecule has 0 aliphatic carbocycles. The summed E-state index contributed by atoms with van der Waals surface area (Å²) in [5.74, 6) is -0.599. The molecule has 2 aromatic rings. The molecule has 0 bridgehead atoms. The van der Waals surface area contributed by atoms with Crippen LogP contribution < -0.4 is 11.1 Å². The second-order valence-electron chi connectivity index (χ2n) is 4.57. The van der Waals surface area contributed by atoms with E-state index in [-0.39, 0.29) is 18.1 Å². The third-order valence-electron chi connectivity index (χ3n) is 2.78. The van der Waals surface area contributed by atoms with Crippen LogP contribution in [0.1, 0.15) is 11.1 Å². The van der Waals surface area contributed by atoms with Gasteiger partial charge >= 0.3 is 0 Å². The van der Waals surface area contributed by atoms with Crippen LogP contribution in [-0.2, 0) is 11.2 Å². The van der Waals surface area contributed by atoms with E-state index in [1.165, 1.54) is 12.1 Å². The van der Waals surface area contributed by atoms with Gasteiger partial charge in [-0.05, 0) is 58.2 Å². The van der Waals surface area contributed by atoms with Crippen LogP contribution in [0.4, 0.5) is 15.8 Å². The summed E-state index contributed by atoms with van der Waals surface area (Å²) in [6.45, 7) is 1.92. The number of aryl methyl sites for hydroxylation is 1. The molecule has 0 saturated carbocycles. The number of halogens is 2. The lowest BCUT2D eigenvalue weighted by Gasteiger charge is -2.11. The lowest BCUT2D eigenvalue weighted by Crippen LogP contribution is -2.16. The standard InChI is InChI=1S/C15H14BrFN2O/c1-9-5-12(16)15(13(18)6-9)19-14(20)8-10-3-2-4-11(17)7-10/h2-7H,8,18H2,1H3,(H,19,20). The van der Waals surface area contributed by atoms with Crippen molar-refractivity contribution >= 4 is 33.2 Å². The van der Waals surface area contributed by atoms with E-state index in [4.69, 9.17) is 5.73 Å². The van der Waals surface area contributed by atoms with Crippen LogP contribution in [0.15, 0.2) is 40.9 Å². The summed E-state index contributed by atoms with van der Waals surface area (Å²) in [6.07, 6.45) is 0.0948. The predicted octanol–water partition coefficient (Wildman–Crippen LogP) is 3.66. The molecule has 0 aliphatic heterocycles. The molecule has 0 radical (unpaired) electrons. The SMILES string of the molecule is Cc1cc(N)c(NC(=O)Cc2cccc(F)c2)c(Br)c1. The number of nitrogens with one attached hydrogen (secondary N) is 1. The number of benzene rings is 2. The van der Waals surface area contributed by atoms with Gasteiger partial charge in [0.2, 0.25) is 5.91 Å². The fraction of sp³-hybridized carbons (Fsp3) is 0.133. The molecule has 0 aliphatic rings. The minimum absolute atomic E-state index is 0.0948. The number of nitrogens with two attached hydrogens (primary N) is 1. The van der Waals surface area contributed by atoms with E-state index in [9.17, 15) is 9.18 Å². The smallest absolute Gasteiger partial charge is 0.228 e. The summed E-state index contributed by atoms with van der Waals surface area (Å²) in [7, 11) is 0. The number of hydrogen-bond donors (Lipinski definition) is 2. The molecule has 2 rings (SSSR count). The average Bonchev–Trinajstić information content (AvgIpc) is 2.33. The van der Waals surface area contributed by atoms with Gasteiger partial charge in [-0.1, -0.05) is 12.1 Å². The highest BCUT2D eigenvalue weighted by atomic mass is 79.9. The molecular weight excluding hydrogens is 323 g/mol. The third-order valence-corrected chi connectivity index (χ3v) is 3.41. The average molecular weight is 337 g/mol. The van der Waals surface area contributed by atoms with E-state index in [1.807, 2.05) is 13.0 Å². The topological polar surface area (TPSA) is 55.1 Å². The molecule has 3 N–H and O–H groups in total. The van der Waals surface area contributed by atoms with Gasteiger partial charge in [-0.25, -0.2) is 4.39 Å². The zero-order valence-corrected chi connectivity index (χ0v) is 12.5. The largest absolute Gasteiger partial charge is 0.397 e. The molecule has 20 heavy (non-hydrogen) atoms. The molecule has 3 nitrogen and oxygen atoms in total. The zero-order chi connectivity index (χ0) is 14.7. The molecule has 0 unspecified atom stereocenters. The van der Waals surface area contributed by atoms with Crippen LogP contribution in [0.5, 0.6) is 0 Å². The number of hydrogen-bond acceptors (Lipinski definition) is 2. The molecule has 0 atom stereocenters. The number of anilines is 2. The Morgan fingerprint density at radius 1 is 1.35 bits per heavy atom. The minimum Gasteiger partial charge on any atom is -0.397 e. The maximum Gasteiger partial charge on any atom is 0.228 e. The minimum atomic E-state index is -0.355. The van der Waals surface area contributed by atoms with Crippen LogP contribution in [0, 0.1) is 12.7 Å². The molecule has 5 heteroatoms. The van der Waals surface area contributed by atoms with Crippen molar-refractivity contribution in [3.63, 3.8) is 0 Å². The van der Waals surface area contributed by atoms with Crippen molar-refractivity contribution in [3.8, 4) is 0 Å². The fourth-order valence-corrected chi connectivity index (χ4v) is 2.61. The molecule has 1 amide bonds. The number of rotatable bonds is 3. The maximum absolute atomic E-state index is 13.1. The van der Waals surface area contributed by atoms with Gasteiger partial charge in [-0.3, -0.25) is 4.79 Å². The Morgan fingerprint density at radius 2 is 2.10 bits per heavy atom. The third kappa shape index (κ3) is 3.57. The first kappa shape index (κ1) is 14.5. The first-order valence-corrected chi connectivity index (χ1v) is 6.85. The van der Waals surface area contributed by atoms with E-state index >= 15 is 0 Å². The highest BCUT2D eigenvalue weighted by molar-refractivity contribution is 9.10. The van der Waals surface area contributed by atoms with Crippen molar-refractivity contribution in [2.75, 3.05) is 11.1 Å². The van der Waals surface area contributed by atoms with Gasteiger partial charge in [0.15, 0.2) is 0 Å². The number of carbonyl (C=O) groups is 1. The van der Waals surface area contributed by atoms with E-state index in [0.29, 0.717) is 16.9 Å². The summed E-state index contributed by atoms with van der Waals surface area (Å²) in [4.78, 5) is 12.0. The van der Waals surface area contributed by atoms with Gasteiger partial charge in [-0.15, -0.1) is 0 Å². The fourth-order valence-electron chi connectivity index (χ4n) is 1.92. The number of nitrogen functional groups attached to an aromatic ring is 1. The normalized spacial score (nSPS) is 10.3. The van der Waals surface area contributed by atoms with Crippen LogP contribution >= 0.6 is 15.9 Å². The highest BCUT2D eigenvalue weighted by Crippen LogP contribution is 2.30. The summed E-state index contributed by atoms with van der Waals surface area (Å²) in [5, 5.41) is 2.74. The highest BCUT2D eigenvalue weighted by Gasteiger charge is 2.10. The Morgan fingerprint density at radius 3 is 2.75 bits per heavy atom. The lowest BCUT2D eigenvalue weighted by atomic mass is 10.1. The van der Waals surface area contributed by atoms with Gasteiger partial charge < -0.3 is 11.1 Å². The Balaban J connectivity index is 2.13. The van der Waals surface area contributed by atoms with E-state index in [0.717, 1.165) is 10.0 Å². The van der Waals surface area contributed by atoms with E-state index in [2.05, 4.69) is 21.2 Å². The van der Waals surface area contributed by atoms with Crippen LogP contribution in [-0.4, -0.2) is 5.91 Å². The van der Waals surface area contributed by atoms with Crippen LogP contribution in [0.2, 0.25) is 0 Å². The Bertz CT molecular complexity index is 635. The zero-order valence-electron chi connectivity index (χ0n) is 10.9. The first-order valence-electron chi connectivity index (χ1n) is 6.05. The monoisotopic (exact) mass is 336 g/mol. The summed E-state index contributed by atoms with van der Waals surface area (Å²) >= 11 is 3.37. The van der Waals surface area contributed by atoms with E-state index < -0.39 is 0 Å². The molecule has 0 aromatic heterocycles. The Labute approximate surface area is 125 Å². The van der Waals surface area contributed by atoms with Crippen LogP contribution in [0.3, 0.4) is 0 Å². The second-order valence-corrected chi connectivity index (χ2v) is 5.42. The van der Waals surface area contributed by atoms with Crippen molar-refractivity contribution in [3.05, 3.63) is 57.8 Å². The Kier molecular flexibility index (Phi) is 4.39. The van der Waals surface area contributed by atoms with Gasteiger partial charge in [0.05, 0.1) is 17.8 Å². The molecule has 0 saturated heterocycles. The second kappa shape index (κ2) is 6.05. The molecule has 104 valence electrons. The number of carbonyl (C=O) groups excluding carboxylic acids is 1. The van der Waals surface area contributed by atoms with Crippen molar-refractivity contribution in [2.24, 2.45) is 0 Å². The summed E-state index contributed by atoms with van der Waals surface area (Å²) in [6, 6.07) is 9.62. The quantitative estimate of drug-likeness (QED) is 0.840. The lowest BCUT2D eigenvalue weighted by molar-refractivity contribution is -0.115. The Hall–Kier alpha value is -1.88. The molecule has 2 aromatic carbocycles. The first-order chi connectivity index (χ1) is 9.45. The van der Waals surface area contributed by atoms with Crippen molar-refractivity contribution in [2.45, 2.75) is 13.3 Å². The van der Waals surface area contributed by atoms with Crippen LogP contribution in [0.25, 0.3) is 0 Å². The van der Waals surface area contributed by atoms with E-state index in [1.54, 1.807) is 18.2 Å².